The van der Waals surface area contributed by atoms with Crippen LogP contribution in [0.1, 0.15) is 25.7 Å². The van der Waals surface area contributed by atoms with Gasteiger partial charge in [-0.1, -0.05) is 0 Å². The summed E-state index contributed by atoms with van der Waals surface area (Å²) in [5, 5.41) is 78.6. The fourth-order valence-electron chi connectivity index (χ4n) is 1.96. The third-order valence-electron chi connectivity index (χ3n) is 3.57. The van der Waals surface area contributed by atoms with Crippen LogP contribution in [0.25, 0.3) is 0 Å². The summed E-state index contributed by atoms with van der Waals surface area (Å²) >= 11 is 0. The smallest absolute Gasteiger partial charge is 0.550 e. The van der Waals surface area contributed by atoms with E-state index in [2.05, 4.69) is 0 Å². The van der Waals surface area contributed by atoms with Crippen molar-refractivity contribution in [3.8, 4) is 0 Å². The van der Waals surface area contributed by atoms with E-state index in [-0.39, 0.29) is 46.6 Å². The second-order valence-electron chi connectivity index (χ2n) is 6.12. The van der Waals surface area contributed by atoms with Crippen LogP contribution in [0.5, 0.6) is 0 Å². The summed E-state index contributed by atoms with van der Waals surface area (Å²) in [5.41, 5.74) is 0. The molecule has 0 aromatic carbocycles. The molecule has 0 aromatic rings. The first-order chi connectivity index (χ1) is 15.5. The van der Waals surface area contributed by atoms with Crippen LogP contribution < -0.4 is 60.6 Å². The van der Waals surface area contributed by atoms with Gasteiger partial charge in [0.1, 0.15) is 0 Å². The van der Waals surface area contributed by atoms with Gasteiger partial charge in [-0.25, -0.2) is 19.2 Å². The first kappa shape index (κ1) is 40.4. The average Bonchev–Trinajstić information content (AvgIpc) is 2.66. The molecular weight excluding hydrogens is 555 g/mol. The standard InChI is InChI=1S/2C8H11NO8.Fe.Na/c2*10-4(11)2-1-3(6(12)13)9-5(7(14)15)8(16)17;;/h2*3,5,9H,1-2H2,(H,10,11)(H,12,13)(H,14,15)(H,16,17);;/q;;+3;+1/p-4. The molecule has 6 N–H and O–H groups in total. The molecule has 0 aliphatic carbocycles. The van der Waals surface area contributed by atoms with E-state index in [4.69, 9.17) is 20.4 Å². The van der Waals surface area contributed by atoms with Gasteiger partial charge in [0.15, 0.2) is 0 Å². The van der Waals surface area contributed by atoms with Gasteiger partial charge in [0.05, 0.1) is 11.9 Å². The van der Waals surface area contributed by atoms with Gasteiger partial charge in [0.25, 0.3) is 0 Å². The van der Waals surface area contributed by atoms with Crippen molar-refractivity contribution in [2.24, 2.45) is 0 Å². The normalized spacial score (nSPS) is 11.4. The zero-order valence-corrected chi connectivity index (χ0v) is 21.3. The molecule has 197 valence electrons. The monoisotopic (exact) mass is 573 g/mol. The Kier molecular flexibility index (Phi) is 22.9. The molecule has 2 unspecified atom stereocenters. The molecule has 0 amide bonds. The van der Waals surface area contributed by atoms with Crippen LogP contribution >= 0.6 is 0 Å². The van der Waals surface area contributed by atoms with Crippen molar-refractivity contribution in [1.29, 1.82) is 0 Å². The third kappa shape index (κ3) is 18.5. The number of carboxylic acids is 8. The maximum absolute atomic E-state index is 10.5. The first-order valence-electron chi connectivity index (χ1n) is 8.75. The zero-order chi connectivity index (χ0) is 27.2. The molecule has 0 heterocycles. The fraction of sp³-hybridized carbons (Fsp3) is 0.500. The third-order valence-corrected chi connectivity index (χ3v) is 3.57. The second-order valence-corrected chi connectivity index (χ2v) is 6.12. The number of nitrogens with one attached hydrogen (secondary N) is 2. The van der Waals surface area contributed by atoms with E-state index >= 15 is 0 Å². The Balaban J connectivity index is -0.000000269. The topological polar surface area (TPSA) is 334 Å². The van der Waals surface area contributed by atoms with Crippen molar-refractivity contribution < 1.29 is 126 Å². The van der Waals surface area contributed by atoms with Gasteiger partial charge in [0.2, 0.25) is 12.1 Å². The molecule has 0 fully saturated rings. The Bertz CT molecular complexity index is 728. The van der Waals surface area contributed by atoms with Crippen molar-refractivity contribution in [3.05, 3.63) is 0 Å². The van der Waals surface area contributed by atoms with Crippen LogP contribution in [-0.4, -0.2) is 92.3 Å². The number of hydrogen-bond donors (Lipinski definition) is 6. The Morgan fingerprint density at radius 2 is 0.778 bits per heavy atom. The molecule has 36 heavy (non-hydrogen) atoms. The molecule has 0 aliphatic rings. The molecule has 0 bridgehead atoms. The van der Waals surface area contributed by atoms with Gasteiger partial charge < -0.3 is 60.0 Å². The van der Waals surface area contributed by atoms with Crippen molar-refractivity contribution in [2.75, 3.05) is 0 Å². The van der Waals surface area contributed by atoms with Gasteiger partial charge in [-0.2, -0.15) is 0 Å². The molecule has 0 spiro atoms. The number of carbonyl (C=O) groups excluding carboxylic acids is 4. The summed E-state index contributed by atoms with van der Waals surface area (Å²) in [5.74, 6) is -13.8. The molecule has 2 atom stereocenters. The van der Waals surface area contributed by atoms with E-state index in [1.54, 1.807) is 10.6 Å². The molecular formula is C16H18FeN2NaO16. The Hall–Kier alpha value is -2.80. The van der Waals surface area contributed by atoms with Gasteiger partial charge in [0, 0.05) is 24.0 Å². The maximum atomic E-state index is 10.5. The number of rotatable bonds is 16. The number of carbonyl (C=O) groups is 8. The van der Waals surface area contributed by atoms with E-state index in [1.807, 2.05) is 0 Å². The van der Waals surface area contributed by atoms with Gasteiger partial charge in [-0.3, -0.25) is 10.6 Å². The largest absolute Gasteiger partial charge is 3.00 e. The van der Waals surface area contributed by atoms with Crippen molar-refractivity contribution in [3.63, 3.8) is 0 Å². The minimum atomic E-state index is -2.15. The van der Waals surface area contributed by atoms with Crippen LogP contribution in [0.15, 0.2) is 0 Å². The van der Waals surface area contributed by atoms with Crippen LogP contribution in [0.3, 0.4) is 0 Å². The molecule has 0 saturated carbocycles. The van der Waals surface area contributed by atoms with Crippen molar-refractivity contribution in [2.45, 2.75) is 49.9 Å². The molecule has 1 radical (unpaired) electrons. The minimum Gasteiger partial charge on any atom is -0.550 e. The van der Waals surface area contributed by atoms with E-state index in [9.17, 15) is 58.8 Å². The van der Waals surface area contributed by atoms with E-state index in [0.29, 0.717) is 0 Å². The number of carboxylic acid groups (broad SMARTS) is 8. The summed E-state index contributed by atoms with van der Waals surface area (Å²) in [6.45, 7) is 0. The molecule has 18 nitrogen and oxygen atoms in total. The summed E-state index contributed by atoms with van der Waals surface area (Å²) in [6, 6.07) is -7.71. The minimum absolute atomic E-state index is 0. The molecule has 20 heteroatoms. The summed E-state index contributed by atoms with van der Waals surface area (Å²) in [6.07, 6.45) is -2.42. The predicted octanol–water partition coefficient (Wildman–Crippen LogP) is -11.5. The van der Waals surface area contributed by atoms with Crippen LogP contribution in [0.2, 0.25) is 0 Å². The summed E-state index contributed by atoms with van der Waals surface area (Å²) < 4.78 is 0. The maximum Gasteiger partial charge on any atom is 3.00 e. The number of hydrogen-bond acceptors (Lipinski definition) is 14. The Morgan fingerprint density at radius 1 is 0.556 bits per heavy atom. The van der Waals surface area contributed by atoms with Gasteiger partial charge in [-0.15, -0.1) is 0 Å². The predicted molar refractivity (Wildman–Crippen MR) is 90.5 cm³/mol. The average molecular weight is 573 g/mol. The number of aliphatic carboxylic acids is 8. The molecule has 0 aliphatic heterocycles. The second kappa shape index (κ2) is 20.4. The summed E-state index contributed by atoms with van der Waals surface area (Å²) in [4.78, 5) is 83.0. The molecule has 0 rings (SSSR count). The van der Waals surface area contributed by atoms with E-state index < -0.39 is 97.6 Å². The SMILES string of the molecule is O=C([O-])CCC(NC(C(=O)O)C(=O)O)C(=O)[O-].O=C([O-])CCC(NC(C(=O)O)C(=O)O)C(=O)[O-].[Fe+3].[Na+]. The van der Waals surface area contributed by atoms with Crippen LogP contribution in [-0.2, 0) is 55.4 Å². The van der Waals surface area contributed by atoms with Crippen LogP contribution in [0, 0.1) is 0 Å². The van der Waals surface area contributed by atoms with Gasteiger partial charge >= 0.3 is 70.5 Å². The van der Waals surface area contributed by atoms with Crippen molar-refractivity contribution in [1.82, 2.24) is 10.6 Å². The Morgan fingerprint density at radius 3 is 0.917 bits per heavy atom. The molecule has 0 saturated heterocycles. The van der Waals surface area contributed by atoms with Gasteiger partial charge in [-0.05, 0) is 25.7 Å². The quantitative estimate of drug-likeness (QED) is 0.0737. The molecule has 0 aromatic heterocycles. The Labute approximate surface area is 233 Å². The van der Waals surface area contributed by atoms with E-state index in [0.717, 1.165) is 0 Å². The fourth-order valence-corrected chi connectivity index (χ4v) is 1.96. The van der Waals surface area contributed by atoms with Crippen LogP contribution in [0.4, 0.5) is 0 Å². The first-order valence-corrected chi connectivity index (χ1v) is 8.75. The van der Waals surface area contributed by atoms with Crippen molar-refractivity contribution >= 4 is 47.8 Å². The summed E-state index contributed by atoms with van der Waals surface area (Å²) in [7, 11) is 0. The van der Waals surface area contributed by atoms with E-state index in [1.165, 1.54) is 0 Å². The zero-order valence-electron chi connectivity index (χ0n) is 18.2.